The Morgan fingerprint density at radius 1 is 1.46 bits per heavy atom. The summed E-state index contributed by atoms with van der Waals surface area (Å²) in [4.78, 5) is 10.6. The van der Waals surface area contributed by atoms with Gasteiger partial charge in [0.2, 0.25) is 0 Å². The Bertz CT molecular complexity index is 671. The fourth-order valence-corrected chi connectivity index (χ4v) is 2.95. The van der Waals surface area contributed by atoms with Gasteiger partial charge in [0.05, 0.1) is 19.2 Å². The number of nitrogens with zero attached hydrogens (tertiary/aromatic N) is 4. The standard InChI is InChI=1S/C17H24BrN5O/c1-4-20-17(21-10-16(24)13-5-7-19-8-6-13)23(3)12-15-9-14(18)11-22(15)2/h5-9,11,16,24H,4,10,12H2,1-3H3,(H,20,21). The van der Waals surface area contributed by atoms with E-state index in [2.05, 4.69) is 41.9 Å². The minimum absolute atomic E-state index is 0.299. The first-order valence-corrected chi connectivity index (χ1v) is 8.68. The van der Waals surface area contributed by atoms with E-state index in [0.29, 0.717) is 6.54 Å². The van der Waals surface area contributed by atoms with Gasteiger partial charge in [-0.05, 0) is 46.6 Å². The minimum Gasteiger partial charge on any atom is -0.386 e. The number of nitrogens with one attached hydrogen (secondary N) is 1. The van der Waals surface area contributed by atoms with Crippen LogP contribution in [0, 0.1) is 0 Å². The molecular weight excluding hydrogens is 370 g/mol. The van der Waals surface area contributed by atoms with Crippen LogP contribution >= 0.6 is 15.9 Å². The zero-order valence-corrected chi connectivity index (χ0v) is 15.9. The van der Waals surface area contributed by atoms with Gasteiger partial charge in [-0.2, -0.15) is 0 Å². The van der Waals surface area contributed by atoms with Crippen molar-refractivity contribution in [1.29, 1.82) is 0 Å². The number of pyridine rings is 1. The van der Waals surface area contributed by atoms with Crippen molar-refractivity contribution < 1.29 is 5.11 Å². The smallest absolute Gasteiger partial charge is 0.194 e. The number of halogens is 1. The first kappa shape index (κ1) is 18.5. The van der Waals surface area contributed by atoms with Crippen molar-refractivity contribution in [3.8, 4) is 0 Å². The second kappa shape index (κ2) is 8.84. The van der Waals surface area contributed by atoms with E-state index in [4.69, 9.17) is 0 Å². The molecule has 2 heterocycles. The van der Waals surface area contributed by atoms with Crippen molar-refractivity contribution in [3.63, 3.8) is 0 Å². The third-order valence-electron chi connectivity index (χ3n) is 3.68. The van der Waals surface area contributed by atoms with Gasteiger partial charge in [0.1, 0.15) is 0 Å². The molecule has 0 aliphatic heterocycles. The van der Waals surface area contributed by atoms with E-state index >= 15 is 0 Å². The maximum atomic E-state index is 10.3. The van der Waals surface area contributed by atoms with E-state index < -0.39 is 6.10 Å². The third kappa shape index (κ3) is 5.07. The summed E-state index contributed by atoms with van der Waals surface area (Å²) in [6.45, 7) is 3.82. The van der Waals surface area contributed by atoms with E-state index in [1.165, 1.54) is 5.69 Å². The normalized spacial score (nSPS) is 13.0. The number of aliphatic imine (C=N–C) groups is 1. The van der Waals surface area contributed by atoms with Gasteiger partial charge < -0.3 is 19.9 Å². The van der Waals surface area contributed by atoms with E-state index in [1.54, 1.807) is 24.5 Å². The zero-order chi connectivity index (χ0) is 17.5. The predicted octanol–water partition coefficient (Wildman–Crippen LogP) is 2.31. The highest BCUT2D eigenvalue weighted by molar-refractivity contribution is 9.10. The van der Waals surface area contributed by atoms with E-state index in [-0.39, 0.29) is 0 Å². The summed E-state index contributed by atoms with van der Waals surface area (Å²) in [5.74, 6) is 0.767. The van der Waals surface area contributed by atoms with Crippen LogP contribution in [0.3, 0.4) is 0 Å². The highest BCUT2D eigenvalue weighted by Crippen LogP contribution is 2.15. The molecule has 0 aliphatic rings. The molecule has 24 heavy (non-hydrogen) atoms. The van der Waals surface area contributed by atoms with Gasteiger partial charge >= 0.3 is 0 Å². The number of hydrogen-bond acceptors (Lipinski definition) is 3. The molecule has 0 saturated heterocycles. The van der Waals surface area contributed by atoms with Crippen LogP contribution in [0.5, 0.6) is 0 Å². The van der Waals surface area contributed by atoms with Gasteiger partial charge in [0.25, 0.3) is 0 Å². The lowest BCUT2D eigenvalue weighted by Gasteiger charge is -2.23. The number of aliphatic hydroxyl groups excluding tert-OH is 1. The monoisotopic (exact) mass is 393 g/mol. The second-order valence-electron chi connectivity index (χ2n) is 5.61. The van der Waals surface area contributed by atoms with Crippen molar-refractivity contribution in [2.24, 2.45) is 12.0 Å². The topological polar surface area (TPSA) is 65.7 Å². The molecule has 0 spiro atoms. The van der Waals surface area contributed by atoms with E-state index in [0.717, 1.165) is 29.1 Å². The SMILES string of the molecule is CCNC(=NCC(O)c1ccncc1)N(C)Cc1cc(Br)cn1C. The number of aromatic nitrogens is 2. The molecule has 2 rings (SSSR count). The summed E-state index contributed by atoms with van der Waals surface area (Å²) in [5, 5.41) is 13.5. The average Bonchev–Trinajstić information content (AvgIpc) is 2.89. The highest BCUT2D eigenvalue weighted by Gasteiger charge is 2.11. The second-order valence-corrected chi connectivity index (χ2v) is 6.52. The van der Waals surface area contributed by atoms with Gasteiger partial charge in [-0.25, -0.2) is 0 Å². The molecule has 0 aromatic carbocycles. The molecule has 130 valence electrons. The summed E-state index contributed by atoms with van der Waals surface area (Å²) < 4.78 is 3.14. The number of rotatable bonds is 6. The van der Waals surface area contributed by atoms with Crippen LogP contribution in [0.25, 0.3) is 0 Å². The largest absolute Gasteiger partial charge is 0.386 e. The first-order valence-electron chi connectivity index (χ1n) is 7.89. The maximum Gasteiger partial charge on any atom is 0.194 e. The van der Waals surface area contributed by atoms with Crippen LogP contribution in [-0.4, -0.2) is 45.7 Å². The minimum atomic E-state index is -0.640. The summed E-state index contributed by atoms with van der Waals surface area (Å²) >= 11 is 3.49. The summed E-state index contributed by atoms with van der Waals surface area (Å²) in [6, 6.07) is 5.70. The number of hydrogen-bond donors (Lipinski definition) is 2. The van der Waals surface area contributed by atoms with Gasteiger partial charge in [0.15, 0.2) is 5.96 Å². The summed E-state index contributed by atoms with van der Waals surface area (Å²) in [6.07, 6.45) is 4.74. The van der Waals surface area contributed by atoms with Gasteiger partial charge in [-0.1, -0.05) is 0 Å². The Kier molecular flexibility index (Phi) is 6.81. The van der Waals surface area contributed by atoms with Gasteiger partial charge in [0, 0.05) is 49.4 Å². The maximum absolute atomic E-state index is 10.3. The van der Waals surface area contributed by atoms with Crippen LogP contribution in [0.4, 0.5) is 0 Å². The Labute approximate surface area is 151 Å². The Hall–Kier alpha value is -1.86. The van der Waals surface area contributed by atoms with Crippen molar-refractivity contribution in [1.82, 2.24) is 19.8 Å². The fraction of sp³-hybridized carbons (Fsp3) is 0.412. The van der Waals surface area contributed by atoms with Crippen LogP contribution in [0.15, 0.2) is 46.3 Å². The molecule has 0 saturated carbocycles. The van der Waals surface area contributed by atoms with Crippen molar-refractivity contribution in [2.75, 3.05) is 20.1 Å². The molecule has 2 aromatic heterocycles. The molecule has 6 nitrogen and oxygen atoms in total. The van der Waals surface area contributed by atoms with Gasteiger partial charge in [-0.15, -0.1) is 0 Å². The molecule has 2 N–H and O–H groups in total. The number of aliphatic hydroxyl groups is 1. The fourth-order valence-electron chi connectivity index (χ4n) is 2.37. The molecule has 0 amide bonds. The van der Waals surface area contributed by atoms with E-state index in [1.807, 2.05) is 32.1 Å². The first-order chi connectivity index (χ1) is 11.5. The molecule has 1 unspecified atom stereocenters. The Morgan fingerprint density at radius 2 is 2.17 bits per heavy atom. The van der Waals surface area contributed by atoms with Gasteiger partial charge in [-0.3, -0.25) is 9.98 Å². The van der Waals surface area contributed by atoms with Crippen molar-refractivity contribution >= 4 is 21.9 Å². The molecule has 0 bridgehead atoms. The van der Waals surface area contributed by atoms with Crippen LogP contribution < -0.4 is 5.32 Å². The quantitative estimate of drug-likeness (QED) is 0.583. The third-order valence-corrected chi connectivity index (χ3v) is 4.11. The molecule has 7 heteroatoms. The molecular formula is C17H24BrN5O. The lowest BCUT2D eigenvalue weighted by molar-refractivity contribution is 0.186. The molecule has 2 aromatic rings. The summed E-state index contributed by atoms with van der Waals surface area (Å²) in [7, 11) is 4.01. The van der Waals surface area contributed by atoms with Crippen molar-refractivity contribution in [3.05, 3.63) is 52.5 Å². The van der Waals surface area contributed by atoms with Crippen LogP contribution in [0.2, 0.25) is 0 Å². The molecule has 0 fully saturated rings. The predicted molar refractivity (Wildman–Crippen MR) is 99.8 cm³/mol. The van der Waals surface area contributed by atoms with Crippen LogP contribution in [0.1, 0.15) is 24.3 Å². The molecule has 0 aliphatic carbocycles. The zero-order valence-electron chi connectivity index (χ0n) is 14.3. The Balaban J connectivity index is 2.05. The highest BCUT2D eigenvalue weighted by atomic mass is 79.9. The van der Waals surface area contributed by atoms with E-state index in [9.17, 15) is 5.11 Å². The molecule has 0 radical (unpaired) electrons. The molecule has 1 atom stereocenters. The average molecular weight is 394 g/mol. The lowest BCUT2D eigenvalue weighted by Crippen LogP contribution is -2.39. The van der Waals surface area contributed by atoms with Crippen molar-refractivity contribution in [2.45, 2.75) is 19.6 Å². The van der Waals surface area contributed by atoms with Crippen LogP contribution in [-0.2, 0) is 13.6 Å². The number of aryl methyl sites for hydroxylation is 1. The Morgan fingerprint density at radius 3 is 2.75 bits per heavy atom. The summed E-state index contributed by atoms with van der Waals surface area (Å²) in [5.41, 5.74) is 1.99. The number of guanidine groups is 1. The lowest BCUT2D eigenvalue weighted by atomic mass is 10.1.